The Kier molecular flexibility index (Phi) is 4.81. The minimum atomic E-state index is -0.599. The molecule has 2 aromatic rings. The molecule has 0 saturated heterocycles. The van der Waals surface area contributed by atoms with Crippen LogP contribution in [0.3, 0.4) is 0 Å². The number of carbonyl (C=O) groups is 1. The largest absolute Gasteiger partial charge is 0.378 e. The summed E-state index contributed by atoms with van der Waals surface area (Å²) in [5.74, 6) is -0.338. The minimum absolute atomic E-state index is 0.0321. The highest BCUT2D eigenvalue weighted by molar-refractivity contribution is 6.30. The third-order valence-corrected chi connectivity index (χ3v) is 4.00. The van der Waals surface area contributed by atoms with E-state index in [0.29, 0.717) is 10.6 Å². The average molecular weight is 303 g/mol. The number of methoxy groups -OCH3 is 1. The summed E-state index contributed by atoms with van der Waals surface area (Å²) in [4.78, 5) is 12.9. The quantitative estimate of drug-likeness (QED) is 0.746. The maximum Gasteiger partial charge on any atom is 0.173 e. The number of carbonyl (C=O) groups excluding carboxylic acids is 1. The van der Waals surface area contributed by atoms with Gasteiger partial charge in [0.05, 0.1) is 11.5 Å². The van der Waals surface area contributed by atoms with E-state index in [9.17, 15) is 4.79 Å². The van der Waals surface area contributed by atoms with E-state index in [1.54, 1.807) is 31.4 Å². The molecule has 3 heteroatoms. The smallest absolute Gasteiger partial charge is 0.173 e. The highest BCUT2D eigenvalue weighted by Crippen LogP contribution is 2.34. The molecule has 0 aliphatic rings. The molecule has 21 heavy (non-hydrogen) atoms. The van der Waals surface area contributed by atoms with Crippen molar-refractivity contribution in [3.8, 4) is 0 Å². The second-order valence-corrected chi connectivity index (χ2v) is 5.96. The summed E-state index contributed by atoms with van der Waals surface area (Å²) in [5, 5.41) is 0.619. The van der Waals surface area contributed by atoms with Crippen molar-refractivity contribution >= 4 is 17.4 Å². The number of benzene rings is 2. The Hall–Kier alpha value is -1.64. The molecule has 0 aromatic heterocycles. The Balaban J connectivity index is 2.45. The lowest BCUT2D eigenvalue weighted by atomic mass is 9.79. The lowest BCUT2D eigenvalue weighted by Gasteiger charge is -2.32. The van der Waals surface area contributed by atoms with Crippen molar-refractivity contribution in [1.82, 2.24) is 0 Å². The van der Waals surface area contributed by atoms with E-state index in [0.717, 1.165) is 5.56 Å². The van der Waals surface area contributed by atoms with Crippen LogP contribution in [-0.4, -0.2) is 18.5 Å². The van der Waals surface area contributed by atoms with Crippen LogP contribution in [0.5, 0.6) is 0 Å². The molecule has 2 aromatic carbocycles. The number of hydrogen-bond acceptors (Lipinski definition) is 2. The van der Waals surface area contributed by atoms with Crippen LogP contribution in [0.1, 0.15) is 35.7 Å². The van der Waals surface area contributed by atoms with Gasteiger partial charge < -0.3 is 4.74 Å². The van der Waals surface area contributed by atoms with Crippen molar-refractivity contribution in [2.24, 2.45) is 0 Å². The van der Waals surface area contributed by atoms with E-state index < -0.39 is 5.60 Å². The van der Waals surface area contributed by atoms with Gasteiger partial charge in [-0.05, 0) is 43.7 Å². The van der Waals surface area contributed by atoms with Crippen LogP contribution < -0.4 is 0 Å². The second-order valence-electron chi connectivity index (χ2n) is 5.52. The molecule has 0 bridgehead atoms. The molecule has 0 amide bonds. The van der Waals surface area contributed by atoms with E-state index in [4.69, 9.17) is 16.3 Å². The van der Waals surface area contributed by atoms with Crippen molar-refractivity contribution in [2.45, 2.75) is 25.4 Å². The van der Waals surface area contributed by atoms with Gasteiger partial charge in [0.15, 0.2) is 5.78 Å². The maximum absolute atomic E-state index is 12.9. The summed E-state index contributed by atoms with van der Waals surface area (Å²) >= 11 is 5.89. The SMILES string of the molecule is COC(C)(C)C(C(=O)c1ccc(Cl)cc1)c1ccccc1. The van der Waals surface area contributed by atoms with Gasteiger partial charge >= 0.3 is 0 Å². The number of hydrogen-bond donors (Lipinski definition) is 0. The highest BCUT2D eigenvalue weighted by atomic mass is 35.5. The molecule has 2 rings (SSSR count). The molecule has 1 atom stereocenters. The van der Waals surface area contributed by atoms with Crippen molar-refractivity contribution < 1.29 is 9.53 Å². The first kappa shape index (κ1) is 15.7. The Morgan fingerprint density at radius 2 is 1.62 bits per heavy atom. The molecule has 2 nitrogen and oxygen atoms in total. The van der Waals surface area contributed by atoms with Gasteiger partial charge in [0, 0.05) is 17.7 Å². The summed E-state index contributed by atoms with van der Waals surface area (Å²) in [5.41, 5.74) is 0.987. The van der Waals surface area contributed by atoms with Gasteiger partial charge in [0.25, 0.3) is 0 Å². The predicted molar refractivity (Wildman–Crippen MR) is 86.1 cm³/mol. The normalized spacial score (nSPS) is 13.0. The molecular weight excluding hydrogens is 284 g/mol. The molecule has 0 aliphatic heterocycles. The lowest BCUT2D eigenvalue weighted by Crippen LogP contribution is -2.36. The van der Waals surface area contributed by atoms with Gasteiger partial charge in [-0.15, -0.1) is 0 Å². The van der Waals surface area contributed by atoms with Gasteiger partial charge in [0.2, 0.25) is 0 Å². The molecule has 110 valence electrons. The third-order valence-electron chi connectivity index (χ3n) is 3.75. The Morgan fingerprint density at radius 1 is 1.05 bits per heavy atom. The maximum atomic E-state index is 12.9. The van der Waals surface area contributed by atoms with Gasteiger partial charge in [-0.1, -0.05) is 41.9 Å². The van der Waals surface area contributed by atoms with E-state index in [1.165, 1.54) is 0 Å². The molecule has 0 radical (unpaired) electrons. The van der Waals surface area contributed by atoms with Gasteiger partial charge in [-0.25, -0.2) is 0 Å². The second kappa shape index (κ2) is 6.42. The van der Waals surface area contributed by atoms with Crippen LogP contribution in [0.25, 0.3) is 0 Å². The van der Waals surface area contributed by atoms with Crippen molar-refractivity contribution in [3.63, 3.8) is 0 Å². The van der Waals surface area contributed by atoms with E-state index in [2.05, 4.69) is 0 Å². The lowest BCUT2D eigenvalue weighted by molar-refractivity contribution is 0.00240. The monoisotopic (exact) mass is 302 g/mol. The van der Waals surface area contributed by atoms with Crippen LogP contribution in [0.2, 0.25) is 5.02 Å². The fourth-order valence-corrected chi connectivity index (χ4v) is 2.54. The van der Waals surface area contributed by atoms with Gasteiger partial charge in [0.1, 0.15) is 0 Å². The number of rotatable bonds is 5. The minimum Gasteiger partial charge on any atom is -0.378 e. The molecule has 1 unspecified atom stereocenters. The van der Waals surface area contributed by atoms with Crippen molar-refractivity contribution in [2.75, 3.05) is 7.11 Å². The standard InChI is InChI=1S/C18H19ClO2/c1-18(2,21-3)16(13-7-5-4-6-8-13)17(20)14-9-11-15(19)12-10-14/h4-12,16H,1-3H3. The first-order valence-electron chi connectivity index (χ1n) is 6.85. The third kappa shape index (κ3) is 3.52. The predicted octanol–water partition coefficient (Wildman–Crippen LogP) is 4.73. The Morgan fingerprint density at radius 3 is 2.14 bits per heavy atom. The van der Waals surface area contributed by atoms with Crippen molar-refractivity contribution in [1.29, 1.82) is 0 Å². The summed E-state index contributed by atoms with van der Waals surface area (Å²) < 4.78 is 5.57. The van der Waals surface area contributed by atoms with E-state index in [1.807, 2.05) is 44.2 Å². The Bertz CT molecular complexity index is 603. The van der Waals surface area contributed by atoms with Crippen LogP contribution in [-0.2, 0) is 4.74 Å². The first-order chi connectivity index (χ1) is 9.95. The first-order valence-corrected chi connectivity index (χ1v) is 7.23. The van der Waals surface area contributed by atoms with E-state index >= 15 is 0 Å². The fourth-order valence-electron chi connectivity index (χ4n) is 2.41. The zero-order chi connectivity index (χ0) is 15.5. The van der Waals surface area contributed by atoms with Crippen LogP contribution in [0.15, 0.2) is 54.6 Å². The van der Waals surface area contributed by atoms with Crippen LogP contribution in [0, 0.1) is 0 Å². The summed E-state index contributed by atoms with van der Waals surface area (Å²) in [6, 6.07) is 16.7. The number of halogens is 1. The number of Topliss-reactive ketones (excluding diaryl/α,β-unsaturated/α-hetero) is 1. The average Bonchev–Trinajstić information content (AvgIpc) is 2.49. The molecular formula is C18H19ClO2. The van der Waals surface area contributed by atoms with Gasteiger partial charge in [-0.3, -0.25) is 4.79 Å². The highest BCUT2D eigenvalue weighted by Gasteiger charge is 2.36. The van der Waals surface area contributed by atoms with E-state index in [-0.39, 0.29) is 11.7 Å². The molecule has 0 N–H and O–H groups in total. The molecule has 0 spiro atoms. The number of ether oxygens (including phenoxy) is 1. The zero-order valence-corrected chi connectivity index (χ0v) is 13.2. The van der Waals surface area contributed by atoms with Gasteiger partial charge in [-0.2, -0.15) is 0 Å². The fraction of sp³-hybridized carbons (Fsp3) is 0.278. The van der Waals surface area contributed by atoms with Crippen molar-refractivity contribution in [3.05, 3.63) is 70.7 Å². The number of ketones is 1. The van der Waals surface area contributed by atoms with Crippen LogP contribution >= 0.6 is 11.6 Å². The summed E-state index contributed by atoms with van der Waals surface area (Å²) in [7, 11) is 1.63. The molecule has 0 fully saturated rings. The van der Waals surface area contributed by atoms with Crippen LogP contribution in [0.4, 0.5) is 0 Å². The summed E-state index contributed by atoms with van der Waals surface area (Å²) in [6.45, 7) is 3.86. The molecule has 0 saturated carbocycles. The molecule has 0 heterocycles. The summed E-state index contributed by atoms with van der Waals surface area (Å²) in [6.07, 6.45) is 0. The molecule has 0 aliphatic carbocycles. The zero-order valence-electron chi connectivity index (χ0n) is 12.5. The Labute approximate surface area is 130 Å². The topological polar surface area (TPSA) is 26.3 Å².